The van der Waals surface area contributed by atoms with E-state index in [1.807, 2.05) is 18.2 Å². The SMILES string of the molecule is O=C(Nc1cccc(CN2CCCC2)c1)c1ccc2c(c1)C(=O)N(CC1CCCO1)C2=O. The van der Waals surface area contributed by atoms with Crippen LogP contribution in [-0.2, 0) is 11.3 Å². The van der Waals surface area contributed by atoms with Crippen molar-refractivity contribution in [1.82, 2.24) is 9.80 Å². The number of carbonyl (C=O) groups is 3. The molecule has 2 aromatic carbocycles. The first-order valence-electron chi connectivity index (χ1n) is 11.3. The van der Waals surface area contributed by atoms with Crippen molar-refractivity contribution in [3.05, 3.63) is 64.7 Å². The van der Waals surface area contributed by atoms with E-state index in [1.54, 1.807) is 12.1 Å². The third kappa shape index (κ3) is 4.18. The molecule has 3 amide bonds. The molecule has 3 aliphatic heterocycles. The van der Waals surface area contributed by atoms with E-state index >= 15 is 0 Å². The molecule has 2 saturated heterocycles. The predicted octanol–water partition coefficient (Wildman–Crippen LogP) is 3.31. The molecule has 0 aliphatic carbocycles. The van der Waals surface area contributed by atoms with E-state index in [4.69, 9.17) is 4.74 Å². The Bertz CT molecular complexity index is 1050. The Hall–Kier alpha value is -3.03. The summed E-state index contributed by atoms with van der Waals surface area (Å²) in [5.41, 5.74) is 2.85. The minimum atomic E-state index is -0.359. The summed E-state index contributed by atoms with van der Waals surface area (Å²) < 4.78 is 5.58. The van der Waals surface area contributed by atoms with Gasteiger partial charge in [0.2, 0.25) is 0 Å². The van der Waals surface area contributed by atoms with Gasteiger partial charge in [0.1, 0.15) is 0 Å². The van der Waals surface area contributed by atoms with E-state index in [0.717, 1.165) is 43.7 Å². The van der Waals surface area contributed by atoms with Gasteiger partial charge in [0.25, 0.3) is 17.7 Å². The summed E-state index contributed by atoms with van der Waals surface area (Å²) in [6.45, 7) is 4.03. The van der Waals surface area contributed by atoms with E-state index in [-0.39, 0.29) is 35.9 Å². The highest BCUT2D eigenvalue weighted by Gasteiger charge is 2.38. The lowest BCUT2D eigenvalue weighted by Gasteiger charge is -2.17. The van der Waals surface area contributed by atoms with Crippen LogP contribution < -0.4 is 5.32 Å². The summed E-state index contributed by atoms with van der Waals surface area (Å²) in [6, 6.07) is 12.5. The van der Waals surface area contributed by atoms with Gasteiger partial charge < -0.3 is 10.1 Å². The van der Waals surface area contributed by atoms with Crippen LogP contribution in [0.15, 0.2) is 42.5 Å². The first-order chi connectivity index (χ1) is 15.6. The van der Waals surface area contributed by atoms with E-state index in [2.05, 4.69) is 16.3 Å². The number of anilines is 1. The van der Waals surface area contributed by atoms with Crippen molar-refractivity contribution in [2.45, 2.75) is 38.3 Å². The van der Waals surface area contributed by atoms with Crippen LogP contribution in [0.2, 0.25) is 0 Å². The molecule has 32 heavy (non-hydrogen) atoms. The van der Waals surface area contributed by atoms with Crippen LogP contribution in [0.3, 0.4) is 0 Å². The number of imide groups is 1. The van der Waals surface area contributed by atoms with Gasteiger partial charge >= 0.3 is 0 Å². The number of fused-ring (bicyclic) bond motifs is 1. The van der Waals surface area contributed by atoms with Crippen molar-refractivity contribution >= 4 is 23.4 Å². The average molecular weight is 434 g/mol. The summed E-state index contributed by atoms with van der Waals surface area (Å²) in [5.74, 6) is -0.978. The molecule has 166 valence electrons. The minimum absolute atomic E-state index is 0.104. The normalized spacial score (nSPS) is 20.8. The van der Waals surface area contributed by atoms with Crippen molar-refractivity contribution in [3.63, 3.8) is 0 Å². The molecule has 5 rings (SSSR count). The maximum Gasteiger partial charge on any atom is 0.261 e. The van der Waals surface area contributed by atoms with Crippen molar-refractivity contribution in [2.75, 3.05) is 31.6 Å². The summed E-state index contributed by atoms with van der Waals surface area (Å²) in [4.78, 5) is 42.1. The zero-order valence-corrected chi connectivity index (χ0v) is 18.0. The fraction of sp³-hybridized carbons (Fsp3) is 0.400. The lowest BCUT2D eigenvalue weighted by atomic mass is 10.1. The third-order valence-corrected chi connectivity index (χ3v) is 6.43. The zero-order valence-electron chi connectivity index (χ0n) is 18.0. The molecular formula is C25H27N3O4. The number of hydrogen-bond donors (Lipinski definition) is 1. The number of carbonyl (C=O) groups excluding carboxylic acids is 3. The standard InChI is InChI=1S/C25H27N3O4/c29-23(26-19-6-3-5-17(13-19)15-27-10-1-2-11-27)18-8-9-21-22(14-18)25(31)28(24(21)30)16-20-7-4-12-32-20/h3,5-6,8-9,13-14,20H,1-2,4,7,10-12,15-16H2,(H,26,29). The first-order valence-corrected chi connectivity index (χ1v) is 11.3. The molecule has 2 aromatic rings. The number of benzene rings is 2. The maximum absolute atomic E-state index is 12.9. The van der Waals surface area contributed by atoms with Gasteiger partial charge in [-0.3, -0.25) is 24.2 Å². The van der Waals surface area contributed by atoms with Crippen LogP contribution in [0.4, 0.5) is 5.69 Å². The molecule has 3 heterocycles. The number of nitrogens with one attached hydrogen (secondary N) is 1. The highest BCUT2D eigenvalue weighted by molar-refractivity contribution is 6.22. The van der Waals surface area contributed by atoms with E-state index in [9.17, 15) is 14.4 Å². The predicted molar refractivity (Wildman–Crippen MR) is 120 cm³/mol. The van der Waals surface area contributed by atoms with Crippen molar-refractivity contribution in [2.24, 2.45) is 0 Å². The number of hydrogen-bond acceptors (Lipinski definition) is 5. The molecule has 1 unspecified atom stereocenters. The lowest BCUT2D eigenvalue weighted by molar-refractivity contribution is 0.0475. The van der Waals surface area contributed by atoms with Gasteiger partial charge in [-0.2, -0.15) is 0 Å². The molecule has 2 fully saturated rings. The van der Waals surface area contributed by atoms with E-state index in [0.29, 0.717) is 17.7 Å². The van der Waals surface area contributed by atoms with Gasteiger partial charge in [-0.25, -0.2) is 0 Å². The highest BCUT2D eigenvalue weighted by Crippen LogP contribution is 2.26. The fourth-order valence-electron chi connectivity index (χ4n) is 4.74. The summed E-state index contributed by atoms with van der Waals surface area (Å²) >= 11 is 0. The zero-order chi connectivity index (χ0) is 22.1. The second-order valence-electron chi connectivity index (χ2n) is 8.75. The number of rotatable bonds is 6. The van der Waals surface area contributed by atoms with E-state index in [1.165, 1.54) is 23.8 Å². The van der Waals surface area contributed by atoms with Crippen molar-refractivity contribution < 1.29 is 19.1 Å². The smallest absolute Gasteiger partial charge is 0.261 e. The summed E-state index contributed by atoms with van der Waals surface area (Å²) in [6.07, 6.45) is 4.16. The number of amides is 3. The van der Waals surface area contributed by atoms with Gasteiger partial charge in [0.05, 0.1) is 23.8 Å². The highest BCUT2D eigenvalue weighted by atomic mass is 16.5. The maximum atomic E-state index is 12.9. The third-order valence-electron chi connectivity index (χ3n) is 6.43. The molecule has 0 saturated carbocycles. The van der Waals surface area contributed by atoms with Gasteiger partial charge in [-0.15, -0.1) is 0 Å². The molecule has 1 N–H and O–H groups in total. The number of nitrogens with zero attached hydrogens (tertiary/aromatic N) is 2. The van der Waals surface area contributed by atoms with Gasteiger partial charge in [-0.1, -0.05) is 12.1 Å². The number of likely N-dealkylation sites (tertiary alicyclic amines) is 1. The Morgan fingerprint density at radius 3 is 2.59 bits per heavy atom. The lowest BCUT2D eigenvalue weighted by Crippen LogP contribution is -2.36. The second-order valence-corrected chi connectivity index (χ2v) is 8.75. The van der Waals surface area contributed by atoms with Crippen LogP contribution in [0.5, 0.6) is 0 Å². The molecule has 3 aliphatic rings. The average Bonchev–Trinajstić information content (AvgIpc) is 3.54. The van der Waals surface area contributed by atoms with Gasteiger partial charge in [0, 0.05) is 24.4 Å². The largest absolute Gasteiger partial charge is 0.376 e. The fourth-order valence-corrected chi connectivity index (χ4v) is 4.74. The van der Waals surface area contributed by atoms with Crippen LogP contribution in [0, 0.1) is 0 Å². The Balaban J connectivity index is 1.28. The van der Waals surface area contributed by atoms with Gasteiger partial charge in [-0.05, 0) is 74.7 Å². The van der Waals surface area contributed by atoms with Gasteiger partial charge in [0.15, 0.2) is 0 Å². The summed E-state index contributed by atoms with van der Waals surface area (Å²) in [7, 11) is 0. The monoisotopic (exact) mass is 433 g/mol. The van der Waals surface area contributed by atoms with Crippen molar-refractivity contribution in [3.8, 4) is 0 Å². The van der Waals surface area contributed by atoms with E-state index < -0.39 is 0 Å². The second kappa shape index (κ2) is 8.84. The van der Waals surface area contributed by atoms with Crippen molar-refractivity contribution in [1.29, 1.82) is 0 Å². The van der Waals surface area contributed by atoms with Crippen LogP contribution in [-0.4, -0.2) is 59.9 Å². The molecule has 7 heteroatoms. The quantitative estimate of drug-likeness (QED) is 0.707. The Morgan fingerprint density at radius 2 is 1.81 bits per heavy atom. The van der Waals surface area contributed by atoms with Crippen LogP contribution in [0.1, 0.15) is 62.3 Å². The minimum Gasteiger partial charge on any atom is -0.376 e. The molecule has 0 radical (unpaired) electrons. The molecular weight excluding hydrogens is 406 g/mol. The molecule has 1 atom stereocenters. The van der Waals surface area contributed by atoms with Crippen LogP contribution >= 0.6 is 0 Å². The van der Waals surface area contributed by atoms with Crippen LogP contribution in [0.25, 0.3) is 0 Å². The first kappa shape index (κ1) is 20.8. The Kier molecular flexibility index (Phi) is 5.76. The molecule has 0 bridgehead atoms. The molecule has 7 nitrogen and oxygen atoms in total. The Labute approximate surface area is 187 Å². The summed E-state index contributed by atoms with van der Waals surface area (Å²) in [5, 5.41) is 2.92. The molecule has 0 spiro atoms. The topological polar surface area (TPSA) is 79.0 Å². The Morgan fingerprint density at radius 1 is 1.00 bits per heavy atom. The number of ether oxygens (including phenoxy) is 1. The molecule has 0 aromatic heterocycles.